The second-order valence-electron chi connectivity index (χ2n) is 13.0. The van der Waals surface area contributed by atoms with Crippen molar-refractivity contribution in [2.24, 2.45) is 0 Å². The molecule has 0 radical (unpaired) electrons. The van der Waals surface area contributed by atoms with Crippen LogP contribution in [-0.4, -0.2) is 51.9 Å². The number of carbonyl (C=O) groups excluding carboxylic acids is 1. The number of nitrogens with zero attached hydrogens (tertiary/aromatic N) is 2. The molecule has 0 fully saturated rings. The second kappa shape index (κ2) is 12.0. The minimum Gasteiger partial charge on any atom is -0.493 e. The number of rotatable bonds is 6. The Morgan fingerprint density at radius 3 is 2.38 bits per heavy atom. The third kappa shape index (κ3) is 6.66. The Hall–Kier alpha value is -4.05. The fourth-order valence-corrected chi connectivity index (χ4v) is 6.10. The first-order valence-corrected chi connectivity index (χ1v) is 15.2. The number of esters is 1. The summed E-state index contributed by atoms with van der Waals surface area (Å²) < 4.78 is 48.2. The maximum Gasteiger partial charge on any atom is 0.407 e. The van der Waals surface area contributed by atoms with Crippen LogP contribution in [0.2, 0.25) is 0 Å². The molecule has 0 aliphatic carbocycles. The van der Waals surface area contributed by atoms with Crippen LogP contribution in [-0.2, 0) is 33.2 Å². The molecule has 2 aliphatic heterocycles. The Bertz CT molecular complexity index is 1650. The fraction of sp³-hybridized carbons (Fsp3) is 0.457. The molecule has 1 N–H and O–H groups in total. The molecule has 2 aromatic carbocycles. The first kappa shape index (κ1) is 32.3. The standard InChI is InChI=1S/C35H40F2N2O6/c1-19(2)44-32(40)31(45-34(5,6)7)29-21(4)38-20(3)28(23-8-9-25-18-39(33(41)42)14-12-22(25)16-23)30(29)24-10-11-27-26(17-24)35(36,37)13-15-43-27/h8-11,16-17,19,31H,12-15,18H2,1-7H3,(H,41,42). The number of hydrogen-bond acceptors (Lipinski definition) is 6. The van der Waals surface area contributed by atoms with Crippen molar-refractivity contribution in [3.05, 3.63) is 70.0 Å². The van der Waals surface area contributed by atoms with Gasteiger partial charge >= 0.3 is 12.1 Å². The number of ether oxygens (including phenoxy) is 3. The Balaban J connectivity index is 1.80. The molecule has 240 valence electrons. The average Bonchev–Trinajstić information content (AvgIpc) is 2.94. The molecule has 0 spiro atoms. The average molecular weight is 623 g/mol. The minimum atomic E-state index is -3.10. The van der Waals surface area contributed by atoms with Crippen molar-refractivity contribution in [2.75, 3.05) is 13.2 Å². The zero-order valence-electron chi connectivity index (χ0n) is 26.8. The van der Waals surface area contributed by atoms with Crippen molar-refractivity contribution >= 4 is 12.1 Å². The van der Waals surface area contributed by atoms with Gasteiger partial charge in [-0.1, -0.05) is 24.3 Å². The first-order valence-electron chi connectivity index (χ1n) is 15.2. The minimum absolute atomic E-state index is 0.0830. The summed E-state index contributed by atoms with van der Waals surface area (Å²) in [6.07, 6.45) is -2.51. The van der Waals surface area contributed by atoms with Gasteiger partial charge in [0, 0.05) is 35.6 Å². The number of amides is 1. The summed E-state index contributed by atoms with van der Waals surface area (Å²) in [6.45, 7) is 13.2. The van der Waals surface area contributed by atoms with Crippen molar-refractivity contribution in [1.29, 1.82) is 0 Å². The van der Waals surface area contributed by atoms with E-state index in [9.17, 15) is 14.7 Å². The van der Waals surface area contributed by atoms with E-state index in [1.807, 2.05) is 45.9 Å². The van der Waals surface area contributed by atoms with Crippen molar-refractivity contribution in [1.82, 2.24) is 9.88 Å². The number of benzene rings is 2. The molecule has 0 saturated heterocycles. The summed E-state index contributed by atoms with van der Waals surface area (Å²) in [5.74, 6) is -3.58. The quantitative estimate of drug-likeness (QED) is 0.281. The van der Waals surface area contributed by atoms with Gasteiger partial charge in [-0.25, -0.2) is 18.4 Å². The van der Waals surface area contributed by atoms with Crippen molar-refractivity contribution in [3.8, 4) is 28.0 Å². The summed E-state index contributed by atoms with van der Waals surface area (Å²) in [5.41, 5.74) is 4.93. The van der Waals surface area contributed by atoms with Crippen LogP contribution in [0.25, 0.3) is 22.3 Å². The van der Waals surface area contributed by atoms with Gasteiger partial charge in [-0.3, -0.25) is 4.98 Å². The Morgan fingerprint density at radius 1 is 1.02 bits per heavy atom. The highest BCUT2D eigenvalue weighted by atomic mass is 19.3. The third-order valence-corrected chi connectivity index (χ3v) is 8.02. The van der Waals surface area contributed by atoms with Crippen LogP contribution in [0.3, 0.4) is 0 Å². The van der Waals surface area contributed by atoms with Gasteiger partial charge in [-0.15, -0.1) is 0 Å². The van der Waals surface area contributed by atoms with Gasteiger partial charge < -0.3 is 24.2 Å². The molecule has 1 amide bonds. The van der Waals surface area contributed by atoms with Crippen LogP contribution >= 0.6 is 0 Å². The Kier molecular flexibility index (Phi) is 8.65. The van der Waals surface area contributed by atoms with E-state index >= 15 is 8.78 Å². The number of hydrogen-bond donors (Lipinski definition) is 1. The maximum atomic E-state index is 15.3. The summed E-state index contributed by atoms with van der Waals surface area (Å²) in [7, 11) is 0. The maximum absolute atomic E-state index is 15.3. The molecule has 45 heavy (non-hydrogen) atoms. The topological polar surface area (TPSA) is 98.2 Å². The van der Waals surface area contributed by atoms with Gasteiger partial charge in [0.1, 0.15) is 5.75 Å². The molecule has 1 aromatic heterocycles. The molecule has 3 heterocycles. The lowest BCUT2D eigenvalue weighted by Crippen LogP contribution is -2.34. The van der Waals surface area contributed by atoms with Gasteiger partial charge in [0.05, 0.1) is 30.3 Å². The number of aromatic nitrogens is 1. The largest absolute Gasteiger partial charge is 0.493 e. The van der Waals surface area contributed by atoms with Crippen LogP contribution in [0.1, 0.15) is 80.8 Å². The predicted molar refractivity (Wildman–Crippen MR) is 166 cm³/mol. The Labute approximate surface area is 262 Å². The lowest BCUT2D eigenvalue weighted by Gasteiger charge is -2.31. The number of carboxylic acid groups (broad SMARTS) is 1. The number of carbonyl (C=O) groups is 2. The second-order valence-corrected chi connectivity index (χ2v) is 13.0. The number of alkyl halides is 2. The molecular weight excluding hydrogens is 582 g/mol. The molecule has 0 bridgehead atoms. The zero-order chi connectivity index (χ0) is 32.8. The lowest BCUT2D eigenvalue weighted by molar-refractivity contribution is -0.171. The monoisotopic (exact) mass is 622 g/mol. The number of halogens is 2. The smallest absolute Gasteiger partial charge is 0.407 e. The molecule has 10 heteroatoms. The van der Waals surface area contributed by atoms with E-state index in [1.165, 1.54) is 11.0 Å². The van der Waals surface area contributed by atoms with E-state index in [1.54, 1.807) is 32.9 Å². The van der Waals surface area contributed by atoms with E-state index < -0.39 is 42.2 Å². The highest BCUT2D eigenvalue weighted by molar-refractivity contribution is 5.92. The Morgan fingerprint density at radius 2 is 1.71 bits per heavy atom. The van der Waals surface area contributed by atoms with Crippen molar-refractivity contribution in [2.45, 2.75) is 91.6 Å². The van der Waals surface area contributed by atoms with E-state index in [0.717, 1.165) is 16.7 Å². The highest BCUT2D eigenvalue weighted by Gasteiger charge is 2.40. The van der Waals surface area contributed by atoms with E-state index in [0.29, 0.717) is 46.6 Å². The fourth-order valence-electron chi connectivity index (χ4n) is 6.10. The van der Waals surface area contributed by atoms with E-state index in [2.05, 4.69) is 0 Å². The van der Waals surface area contributed by atoms with Crippen LogP contribution in [0, 0.1) is 13.8 Å². The normalized spacial score (nSPS) is 16.4. The molecule has 1 atom stereocenters. The molecule has 1 unspecified atom stereocenters. The van der Waals surface area contributed by atoms with Crippen LogP contribution < -0.4 is 4.74 Å². The zero-order valence-corrected chi connectivity index (χ0v) is 26.8. The van der Waals surface area contributed by atoms with Gasteiger partial charge in [0.15, 0.2) is 6.10 Å². The van der Waals surface area contributed by atoms with Crippen LogP contribution in [0.5, 0.6) is 5.75 Å². The van der Waals surface area contributed by atoms with Crippen LogP contribution in [0.4, 0.5) is 13.6 Å². The number of fused-ring (bicyclic) bond motifs is 2. The van der Waals surface area contributed by atoms with Gasteiger partial charge in [-0.05, 0) is 94.8 Å². The summed E-state index contributed by atoms with van der Waals surface area (Å²) in [5, 5.41) is 9.51. The summed E-state index contributed by atoms with van der Waals surface area (Å²) in [4.78, 5) is 31.6. The number of pyridine rings is 1. The SMILES string of the molecule is Cc1nc(C)c(C(OC(C)(C)C)C(=O)OC(C)C)c(-c2ccc3c(c2)C(F)(F)CCO3)c1-c1ccc2c(c1)CCN(C(=O)O)C2. The molecule has 0 saturated carbocycles. The van der Waals surface area contributed by atoms with E-state index in [4.69, 9.17) is 19.2 Å². The number of aryl methyl sites for hydroxylation is 2. The van der Waals surface area contributed by atoms with E-state index in [-0.39, 0.29) is 24.5 Å². The predicted octanol–water partition coefficient (Wildman–Crippen LogP) is 7.75. The van der Waals surface area contributed by atoms with Gasteiger partial charge in [0.2, 0.25) is 0 Å². The van der Waals surface area contributed by atoms with Gasteiger partial charge in [-0.2, -0.15) is 0 Å². The molecule has 8 nitrogen and oxygen atoms in total. The molecule has 2 aliphatic rings. The van der Waals surface area contributed by atoms with Crippen LogP contribution in [0.15, 0.2) is 36.4 Å². The summed E-state index contributed by atoms with van der Waals surface area (Å²) >= 11 is 0. The molecule has 5 rings (SSSR count). The van der Waals surface area contributed by atoms with Gasteiger partial charge in [0.25, 0.3) is 5.92 Å². The summed E-state index contributed by atoms with van der Waals surface area (Å²) in [6, 6.07) is 10.5. The third-order valence-electron chi connectivity index (χ3n) is 8.02. The lowest BCUT2D eigenvalue weighted by atomic mass is 9.84. The van der Waals surface area contributed by atoms with Crippen molar-refractivity contribution < 1.29 is 37.7 Å². The van der Waals surface area contributed by atoms with Crippen molar-refractivity contribution in [3.63, 3.8) is 0 Å². The first-order chi connectivity index (χ1) is 21.1. The molecule has 3 aromatic rings. The highest BCUT2D eigenvalue weighted by Crippen LogP contribution is 2.47. The molecular formula is C35H40F2N2O6.